The Morgan fingerprint density at radius 2 is 1.83 bits per heavy atom. The summed E-state index contributed by atoms with van der Waals surface area (Å²) in [4.78, 5) is 17.0. The molecule has 0 spiro atoms. The summed E-state index contributed by atoms with van der Waals surface area (Å²) in [5, 5.41) is 13.5. The minimum absolute atomic E-state index is 0.0976. The standard InChI is InChI=1S/C26H26F2N6O/c27-21-12-17(5-6-18(21)15-29)25-14-23(26(35)33-11-3-4-19(30)16-33)31-34(25)24-8-7-20(13-22(24)28)32-9-1-2-10-32/h5-8,12-14,19H,1-4,9-11,16,30H2. The molecule has 2 saturated heterocycles. The second-order valence-corrected chi connectivity index (χ2v) is 9.12. The van der Waals surface area contributed by atoms with Crippen LogP contribution in [0.4, 0.5) is 14.5 Å². The van der Waals surface area contributed by atoms with Crippen LogP contribution in [0.25, 0.3) is 16.9 Å². The van der Waals surface area contributed by atoms with Gasteiger partial charge in [0, 0.05) is 43.5 Å². The summed E-state index contributed by atoms with van der Waals surface area (Å²) < 4.78 is 31.2. The number of nitriles is 1. The largest absolute Gasteiger partial charge is 0.371 e. The maximum Gasteiger partial charge on any atom is 0.274 e. The zero-order valence-electron chi connectivity index (χ0n) is 19.3. The molecule has 0 aliphatic carbocycles. The van der Waals surface area contributed by atoms with Crippen LogP contribution in [0, 0.1) is 23.0 Å². The van der Waals surface area contributed by atoms with Crippen LogP contribution in [0.2, 0.25) is 0 Å². The minimum Gasteiger partial charge on any atom is -0.371 e. The number of likely N-dealkylation sites (tertiary alicyclic amines) is 1. The summed E-state index contributed by atoms with van der Waals surface area (Å²) in [5.41, 5.74) is 7.76. The Morgan fingerprint density at radius 3 is 2.51 bits per heavy atom. The van der Waals surface area contributed by atoms with E-state index in [0.717, 1.165) is 44.5 Å². The lowest BCUT2D eigenvalue weighted by atomic mass is 10.1. The van der Waals surface area contributed by atoms with Gasteiger partial charge in [-0.2, -0.15) is 10.4 Å². The number of anilines is 1. The van der Waals surface area contributed by atoms with Crippen molar-refractivity contribution in [1.29, 1.82) is 5.26 Å². The van der Waals surface area contributed by atoms with Gasteiger partial charge in [-0.25, -0.2) is 13.5 Å². The van der Waals surface area contributed by atoms with Crippen molar-refractivity contribution in [2.24, 2.45) is 5.73 Å². The van der Waals surface area contributed by atoms with E-state index in [0.29, 0.717) is 24.3 Å². The zero-order valence-corrected chi connectivity index (χ0v) is 19.3. The first-order valence-corrected chi connectivity index (χ1v) is 11.8. The molecule has 2 fully saturated rings. The van der Waals surface area contributed by atoms with Gasteiger partial charge in [-0.3, -0.25) is 4.79 Å². The van der Waals surface area contributed by atoms with E-state index in [2.05, 4.69) is 10.00 Å². The second-order valence-electron chi connectivity index (χ2n) is 9.12. The van der Waals surface area contributed by atoms with E-state index in [-0.39, 0.29) is 28.9 Å². The summed E-state index contributed by atoms with van der Waals surface area (Å²) in [6.45, 7) is 2.75. The summed E-state index contributed by atoms with van der Waals surface area (Å²) in [6.07, 6.45) is 3.79. The van der Waals surface area contributed by atoms with Crippen molar-refractivity contribution in [2.45, 2.75) is 31.7 Å². The SMILES string of the molecule is N#Cc1ccc(-c2cc(C(=O)N3CCCC(N)C3)nn2-c2ccc(N3CCCC3)cc2F)cc1F. The Morgan fingerprint density at radius 1 is 1.03 bits per heavy atom. The Kier molecular flexibility index (Phi) is 6.22. The average Bonchev–Trinajstić information content (AvgIpc) is 3.54. The highest BCUT2D eigenvalue weighted by molar-refractivity contribution is 5.93. The molecule has 9 heteroatoms. The van der Waals surface area contributed by atoms with Gasteiger partial charge < -0.3 is 15.5 Å². The van der Waals surface area contributed by atoms with Crippen LogP contribution in [0.5, 0.6) is 0 Å². The van der Waals surface area contributed by atoms with Crippen molar-refractivity contribution in [3.05, 3.63) is 65.4 Å². The third kappa shape index (κ3) is 4.49. The molecule has 3 heterocycles. The highest BCUT2D eigenvalue weighted by Gasteiger charge is 2.27. The first-order valence-electron chi connectivity index (χ1n) is 11.8. The smallest absolute Gasteiger partial charge is 0.274 e. The third-order valence-electron chi connectivity index (χ3n) is 6.69. The van der Waals surface area contributed by atoms with Gasteiger partial charge in [0.15, 0.2) is 11.5 Å². The number of aromatic nitrogens is 2. The van der Waals surface area contributed by atoms with E-state index in [9.17, 15) is 9.18 Å². The highest BCUT2D eigenvalue weighted by Crippen LogP contribution is 2.30. The number of amides is 1. The second kappa shape index (κ2) is 9.47. The van der Waals surface area contributed by atoms with Crippen molar-refractivity contribution >= 4 is 11.6 Å². The molecule has 180 valence electrons. The number of nitrogens with two attached hydrogens (primary N) is 1. The lowest BCUT2D eigenvalue weighted by molar-refractivity contribution is 0.0702. The van der Waals surface area contributed by atoms with Crippen molar-refractivity contribution in [3.63, 3.8) is 0 Å². The average molecular weight is 477 g/mol. The van der Waals surface area contributed by atoms with Crippen LogP contribution < -0.4 is 10.6 Å². The van der Waals surface area contributed by atoms with E-state index >= 15 is 4.39 Å². The summed E-state index contributed by atoms with van der Waals surface area (Å²) >= 11 is 0. The molecule has 2 N–H and O–H groups in total. The van der Waals surface area contributed by atoms with Gasteiger partial charge in [0.1, 0.15) is 17.6 Å². The van der Waals surface area contributed by atoms with Crippen molar-refractivity contribution in [2.75, 3.05) is 31.1 Å². The van der Waals surface area contributed by atoms with E-state index < -0.39 is 11.6 Å². The number of rotatable bonds is 4. The Balaban J connectivity index is 1.58. The fraction of sp³-hybridized carbons (Fsp3) is 0.346. The maximum absolute atomic E-state index is 15.4. The van der Waals surface area contributed by atoms with Crippen molar-refractivity contribution < 1.29 is 13.6 Å². The number of hydrogen-bond acceptors (Lipinski definition) is 5. The Labute approximate surface area is 202 Å². The fourth-order valence-corrected chi connectivity index (χ4v) is 4.84. The molecule has 0 bridgehead atoms. The first kappa shape index (κ1) is 23.0. The summed E-state index contributed by atoms with van der Waals surface area (Å²) in [5.74, 6) is -1.49. The van der Waals surface area contributed by atoms with Gasteiger partial charge >= 0.3 is 0 Å². The molecule has 0 saturated carbocycles. The molecule has 1 unspecified atom stereocenters. The molecule has 1 atom stereocenters. The molecule has 35 heavy (non-hydrogen) atoms. The molecule has 2 aromatic carbocycles. The molecule has 1 aromatic heterocycles. The van der Waals surface area contributed by atoms with Crippen LogP contribution in [-0.2, 0) is 0 Å². The quantitative estimate of drug-likeness (QED) is 0.618. The normalized spacial score (nSPS) is 18.1. The van der Waals surface area contributed by atoms with Gasteiger partial charge in [-0.15, -0.1) is 0 Å². The predicted octanol–water partition coefficient (Wildman–Crippen LogP) is 3.85. The van der Waals surface area contributed by atoms with E-state index in [4.69, 9.17) is 11.0 Å². The number of benzene rings is 2. The Hall–Kier alpha value is -3.77. The molecule has 5 rings (SSSR count). The predicted molar refractivity (Wildman–Crippen MR) is 128 cm³/mol. The number of piperidine rings is 1. The molecule has 3 aromatic rings. The molecule has 2 aliphatic heterocycles. The van der Waals surface area contributed by atoms with Gasteiger partial charge in [0.2, 0.25) is 0 Å². The van der Waals surface area contributed by atoms with Crippen molar-refractivity contribution in [3.8, 4) is 23.0 Å². The first-order chi connectivity index (χ1) is 16.9. The van der Waals surface area contributed by atoms with Crippen LogP contribution in [0.15, 0.2) is 42.5 Å². The fourth-order valence-electron chi connectivity index (χ4n) is 4.84. The molecule has 2 aliphatic rings. The number of hydrogen-bond donors (Lipinski definition) is 1. The monoisotopic (exact) mass is 476 g/mol. The van der Waals surface area contributed by atoms with Gasteiger partial charge in [-0.05, 0) is 62.1 Å². The van der Waals surface area contributed by atoms with Gasteiger partial charge in [0.05, 0.1) is 11.3 Å². The maximum atomic E-state index is 15.4. The van der Waals surface area contributed by atoms with Gasteiger partial charge in [-0.1, -0.05) is 6.07 Å². The molecule has 7 nitrogen and oxygen atoms in total. The topological polar surface area (TPSA) is 91.2 Å². The summed E-state index contributed by atoms with van der Waals surface area (Å²) in [6, 6.07) is 12.3. The lowest BCUT2D eigenvalue weighted by Gasteiger charge is -2.30. The molecule has 0 radical (unpaired) electrons. The molecule has 1 amide bonds. The highest BCUT2D eigenvalue weighted by atomic mass is 19.1. The number of carbonyl (C=O) groups is 1. The number of halogens is 2. The lowest BCUT2D eigenvalue weighted by Crippen LogP contribution is -2.45. The third-order valence-corrected chi connectivity index (χ3v) is 6.69. The molecular formula is C26H26F2N6O. The number of carbonyl (C=O) groups excluding carboxylic acids is 1. The zero-order chi connectivity index (χ0) is 24.5. The van der Waals surface area contributed by atoms with Crippen LogP contribution in [0.1, 0.15) is 41.7 Å². The van der Waals surface area contributed by atoms with E-state index in [1.165, 1.54) is 28.9 Å². The van der Waals surface area contributed by atoms with E-state index in [1.54, 1.807) is 23.1 Å². The minimum atomic E-state index is -0.697. The Bertz CT molecular complexity index is 1310. The van der Waals surface area contributed by atoms with Gasteiger partial charge in [0.25, 0.3) is 5.91 Å². The molecular weight excluding hydrogens is 450 g/mol. The van der Waals surface area contributed by atoms with E-state index in [1.807, 2.05) is 6.07 Å². The van der Waals surface area contributed by atoms with Crippen LogP contribution in [0.3, 0.4) is 0 Å². The van der Waals surface area contributed by atoms with Crippen LogP contribution in [-0.4, -0.2) is 52.8 Å². The number of nitrogens with zero attached hydrogens (tertiary/aromatic N) is 5. The summed E-state index contributed by atoms with van der Waals surface area (Å²) in [7, 11) is 0. The van der Waals surface area contributed by atoms with Crippen molar-refractivity contribution in [1.82, 2.24) is 14.7 Å². The van der Waals surface area contributed by atoms with Crippen LogP contribution >= 0.6 is 0 Å².